The maximum Gasteiger partial charge on any atom is 0.125 e. The molecule has 1 aliphatic heterocycles. The smallest absolute Gasteiger partial charge is 0.125 e. The van der Waals surface area contributed by atoms with E-state index in [1.165, 1.54) is 32.7 Å². The SMILES string of the molecule is Cc1sc2ccccc2c1C1N=CNc2cc(F)ccc21.Cl. The van der Waals surface area contributed by atoms with Crippen LogP contribution < -0.4 is 5.32 Å². The predicted octanol–water partition coefficient (Wildman–Crippen LogP) is 5.31. The van der Waals surface area contributed by atoms with Crippen molar-refractivity contribution in [2.24, 2.45) is 4.99 Å². The lowest BCUT2D eigenvalue weighted by Crippen LogP contribution is -2.12. The van der Waals surface area contributed by atoms with Gasteiger partial charge in [0.2, 0.25) is 0 Å². The summed E-state index contributed by atoms with van der Waals surface area (Å²) in [4.78, 5) is 5.86. The summed E-state index contributed by atoms with van der Waals surface area (Å²) in [5, 5.41) is 4.27. The van der Waals surface area contributed by atoms with Gasteiger partial charge in [-0.3, -0.25) is 4.99 Å². The van der Waals surface area contributed by atoms with E-state index in [-0.39, 0.29) is 24.3 Å². The molecular weight excluding hydrogens is 319 g/mol. The summed E-state index contributed by atoms with van der Waals surface area (Å²) < 4.78 is 14.7. The summed E-state index contributed by atoms with van der Waals surface area (Å²) in [7, 11) is 0. The first kappa shape index (κ1) is 15.0. The van der Waals surface area contributed by atoms with Crippen molar-refractivity contribution in [1.82, 2.24) is 0 Å². The van der Waals surface area contributed by atoms with E-state index < -0.39 is 0 Å². The van der Waals surface area contributed by atoms with Crippen molar-refractivity contribution < 1.29 is 4.39 Å². The number of rotatable bonds is 1. The number of aryl methyl sites for hydroxylation is 1. The molecule has 0 bridgehead atoms. The first-order valence-corrected chi connectivity index (χ1v) is 7.61. The van der Waals surface area contributed by atoms with Crippen LogP contribution in [0.3, 0.4) is 0 Å². The Balaban J connectivity index is 0.00000144. The van der Waals surface area contributed by atoms with Crippen molar-refractivity contribution >= 4 is 45.9 Å². The van der Waals surface area contributed by atoms with Gasteiger partial charge in [-0.25, -0.2) is 4.39 Å². The van der Waals surface area contributed by atoms with Crippen LogP contribution in [0, 0.1) is 12.7 Å². The zero-order chi connectivity index (χ0) is 14.4. The first-order chi connectivity index (χ1) is 10.2. The van der Waals surface area contributed by atoms with E-state index in [1.54, 1.807) is 17.7 Å². The molecular formula is C17H14ClFN2S. The fourth-order valence-electron chi connectivity index (χ4n) is 2.91. The topological polar surface area (TPSA) is 24.4 Å². The Labute approximate surface area is 138 Å². The number of halogens is 2. The molecule has 0 radical (unpaired) electrons. The summed E-state index contributed by atoms with van der Waals surface area (Å²) in [5.41, 5.74) is 3.04. The van der Waals surface area contributed by atoms with Crippen molar-refractivity contribution in [2.45, 2.75) is 13.0 Å². The third-order valence-electron chi connectivity index (χ3n) is 3.85. The minimum absolute atomic E-state index is 0. The highest BCUT2D eigenvalue weighted by atomic mass is 35.5. The van der Waals surface area contributed by atoms with Crippen LogP contribution in [-0.4, -0.2) is 6.34 Å². The maximum atomic E-state index is 13.4. The van der Waals surface area contributed by atoms with Gasteiger partial charge in [0.15, 0.2) is 0 Å². The van der Waals surface area contributed by atoms with Gasteiger partial charge in [-0.05, 0) is 30.5 Å². The lowest BCUT2D eigenvalue weighted by Gasteiger charge is -2.21. The second kappa shape index (κ2) is 5.71. The Morgan fingerprint density at radius 3 is 2.86 bits per heavy atom. The Kier molecular flexibility index (Phi) is 3.89. The molecule has 1 atom stereocenters. The van der Waals surface area contributed by atoms with Crippen LogP contribution in [0.5, 0.6) is 0 Å². The number of anilines is 1. The fraction of sp³-hybridized carbons (Fsp3) is 0.118. The van der Waals surface area contributed by atoms with Crippen molar-refractivity contribution in [1.29, 1.82) is 0 Å². The molecule has 1 N–H and O–H groups in total. The van der Waals surface area contributed by atoms with E-state index in [1.807, 2.05) is 12.1 Å². The van der Waals surface area contributed by atoms with Crippen LogP contribution in [0.25, 0.3) is 10.1 Å². The summed E-state index contributed by atoms with van der Waals surface area (Å²) in [6, 6.07) is 13.1. The van der Waals surface area contributed by atoms with Gasteiger partial charge in [0.1, 0.15) is 11.9 Å². The highest BCUT2D eigenvalue weighted by Crippen LogP contribution is 2.42. The van der Waals surface area contributed by atoms with Crippen LogP contribution in [0.2, 0.25) is 0 Å². The van der Waals surface area contributed by atoms with Crippen molar-refractivity contribution in [3.05, 3.63) is 64.3 Å². The van der Waals surface area contributed by atoms with Gasteiger partial charge in [-0.1, -0.05) is 24.3 Å². The van der Waals surface area contributed by atoms with E-state index in [9.17, 15) is 4.39 Å². The average molecular weight is 333 g/mol. The number of thiophene rings is 1. The third kappa shape index (κ3) is 2.28. The van der Waals surface area contributed by atoms with Gasteiger partial charge in [0, 0.05) is 26.4 Å². The number of fused-ring (bicyclic) bond motifs is 2. The number of nitrogens with zero attached hydrogens (tertiary/aromatic N) is 1. The largest absolute Gasteiger partial charge is 0.346 e. The first-order valence-electron chi connectivity index (χ1n) is 6.80. The van der Waals surface area contributed by atoms with Crippen molar-refractivity contribution in [3.63, 3.8) is 0 Å². The van der Waals surface area contributed by atoms with E-state index in [2.05, 4.69) is 35.4 Å². The minimum Gasteiger partial charge on any atom is -0.346 e. The van der Waals surface area contributed by atoms with Gasteiger partial charge in [-0.2, -0.15) is 0 Å². The Bertz CT molecular complexity index is 872. The predicted molar refractivity (Wildman–Crippen MR) is 94.2 cm³/mol. The van der Waals surface area contributed by atoms with Gasteiger partial charge in [-0.15, -0.1) is 23.7 Å². The van der Waals surface area contributed by atoms with Crippen LogP contribution in [-0.2, 0) is 0 Å². The lowest BCUT2D eigenvalue weighted by atomic mass is 9.94. The molecule has 0 amide bonds. The molecule has 1 aliphatic rings. The molecule has 0 saturated carbocycles. The quantitative estimate of drug-likeness (QED) is 0.641. The zero-order valence-electron chi connectivity index (χ0n) is 11.8. The fourth-order valence-corrected chi connectivity index (χ4v) is 4.01. The molecule has 2 aromatic carbocycles. The van der Waals surface area contributed by atoms with E-state index in [4.69, 9.17) is 0 Å². The van der Waals surface area contributed by atoms with Gasteiger partial charge in [0.05, 0.1) is 6.34 Å². The standard InChI is InChI=1S/C17H13FN2S.ClH/c1-10-16(13-4-2-3-5-15(13)21-10)17-12-7-6-11(18)8-14(12)19-9-20-17;/h2-9,17H,1H3,(H,19,20);1H. The van der Waals surface area contributed by atoms with Crippen molar-refractivity contribution in [3.8, 4) is 0 Å². The molecule has 3 aromatic rings. The summed E-state index contributed by atoms with van der Waals surface area (Å²) in [5.74, 6) is -0.234. The summed E-state index contributed by atoms with van der Waals surface area (Å²) in [6.45, 7) is 2.13. The highest BCUT2D eigenvalue weighted by molar-refractivity contribution is 7.19. The second-order valence-electron chi connectivity index (χ2n) is 5.12. The van der Waals surface area contributed by atoms with Gasteiger partial charge < -0.3 is 5.32 Å². The van der Waals surface area contributed by atoms with Crippen LogP contribution in [0.4, 0.5) is 10.1 Å². The monoisotopic (exact) mass is 332 g/mol. The Morgan fingerprint density at radius 1 is 1.18 bits per heavy atom. The summed E-state index contributed by atoms with van der Waals surface area (Å²) >= 11 is 1.78. The molecule has 2 nitrogen and oxygen atoms in total. The molecule has 4 rings (SSSR count). The number of aliphatic imine (C=N–C) groups is 1. The van der Waals surface area contributed by atoms with E-state index in [0.29, 0.717) is 0 Å². The number of benzene rings is 2. The van der Waals surface area contributed by atoms with Gasteiger partial charge >= 0.3 is 0 Å². The van der Waals surface area contributed by atoms with Crippen LogP contribution >= 0.6 is 23.7 Å². The summed E-state index contributed by atoms with van der Waals surface area (Å²) in [6.07, 6.45) is 1.66. The molecule has 5 heteroatoms. The second-order valence-corrected chi connectivity index (χ2v) is 6.38. The maximum absolute atomic E-state index is 13.4. The molecule has 1 aromatic heterocycles. The van der Waals surface area contributed by atoms with E-state index >= 15 is 0 Å². The van der Waals surface area contributed by atoms with E-state index in [0.717, 1.165) is 11.3 Å². The highest BCUT2D eigenvalue weighted by Gasteiger charge is 2.24. The van der Waals surface area contributed by atoms with Crippen LogP contribution in [0.15, 0.2) is 47.5 Å². The molecule has 112 valence electrons. The molecule has 0 aliphatic carbocycles. The normalized spacial score (nSPS) is 16.0. The lowest BCUT2D eigenvalue weighted by molar-refractivity contribution is 0.627. The zero-order valence-corrected chi connectivity index (χ0v) is 13.5. The Morgan fingerprint density at radius 2 is 2.00 bits per heavy atom. The van der Waals surface area contributed by atoms with Crippen molar-refractivity contribution in [2.75, 3.05) is 5.32 Å². The molecule has 0 saturated heterocycles. The average Bonchev–Trinajstić information content (AvgIpc) is 2.82. The number of hydrogen-bond donors (Lipinski definition) is 1. The molecule has 1 unspecified atom stereocenters. The molecule has 22 heavy (non-hydrogen) atoms. The number of hydrogen-bond acceptors (Lipinski definition) is 3. The number of nitrogens with one attached hydrogen (secondary N) is 1. The molecule has 2 heterocycles. The molecule has 0 fully saturated rings. The Hall–Kier alpha value is -1.91. The van der Waals surface area contributed by atoms with Gasteiger partial charge in [0.25, 0.3) is 0 Å². The third-order valence-corrected chi connectivity index (χ3v) is 4.95. The van der Waals surface area contributed by atoms with Crippen LogP contribution in [0.1, 0.15) is 22.0 Å². The molecule has 0 spiro atoms. The minimum atomic E-state index is -0.234.